The number of nitrogens with zero attached hydrogens (tertiary/aromatic N) is 2. The standard InChI is InChI=1S/C20H28N6O6/c1-32-17(28)6-7-22-19(30)15-3-2-8-26(15)20(31)14(9-12-10-21-11-23-12)25-18(29)13-4-5-16(27)24-13/h10-11,13-15H,2-9H2,1H3,(H,21,23)(H,22,30)(H,24,27)(H,25,29)/t13-,14-,15-/m0/s1. The predicted molar refractivity (Wildman–Crippen MR) is 110 cm³/mol. The summed E-state index contributed by atoms with van der Waals surface area (Å²) in [7, 11) is 1.27. The highest BCUT2D eigenvalue weighted by atomic mass is 16.5. The third-order valence-electron chi connectivity index (χ3n) is 5.60. The van der Waals surface area contributed by atoms with Gasteiger partial charge in [0.2, 0.25) is 23.6 Å². The molecule has 32 heavy (non-hydrogen) atoms. The molecule has 2 aliphatic rings. The Kier molecular flexibility index (Phi) is 7.79. The van der Waals surface area contributed by atoms with Gasteiger partial charge in [0, 0.05) is 37.8 Å². The van der Waals surface area contributed by atoms with Gasteiger partial charge < -0.3 is 30.6 Å². The Hall–Kier alpha value is -3.44. The van der Waals surface area contributed by atoms with Gasteiger partial charge in [0.15, 0.2) is 0 Å². The molecular weight excluding hydrogens is 420 g/mol. The Morgan fingerprint density at radius 1 is 1.28 bits per heavy atom. The predicted octanol–water partition coefficient (Wildman–Crippen LogP) is -1.61. The molecule has 4 N–H and O–H groups in total. The van der Waals surface area contributed by atoms with Crippen molar-refractivity contribution in [2.75, 3.05) is 20.2 Å². The number of H-pyrrole nitrogens is 1. The molecule has 2 aliphatic heterocycles. The summed E-state index contributed by atoms with van der Waals surface area (Å²) in [5.74, 6) is -1.82. The van der Waals surface area contributed by atoms with Crippen LogP contribution in [0.2, 0.25) is 0 Å². The van der Waals surface area contributed by atoms with Gasteiger partial charge in [-0.2, -0.15) is 0 Å². The summed E-state index contributed by atoms with van der Waals surface area (Å²) in [5.41, 5.74) is 0.650. The first-order chi connectivity index (χ1) is 15.4. The topological polar surface area (TPSA) is 163 Å². The van der Waals surface area contributed by atoms with Gasteiger partial charge in [0.25, 0.3) is 0 Å². The number of aromatic amines is 1. The van der Waals surface area contributed by atoms with Crippen LogP contribution in [0.25, 0.3) is 0 Å². The zero-order valence-corrected chi connectivity index (χ0v) is 17.9. The van der Waals surface area contributed by atoms with Crippen LogP contribution in [0.1, 0.15) is 37.8 Å². The molecule has 0 aliphatic carbocycles. The normalized spacial score (nSPS) is 21.0. The number of likely N-dealkylation sites (tertiary alicyclic amines) is 1. The summed E-state index contributed by atoms with van der Waals surface area (Å²) in [6.45, 7) is 0.489. The maximum Gasteiger partial charge on any atom is 0.307 e. The minimum absolute atomic E-state index is 0.0362. The van der Waals surface area contributed by atoms with Gasteiger partial charge in [-0.3, -0.25) is 24.0 Å². The number of carbonyl (C=O) groups is 5. The first-order valence-electron chi connectivity index (χ1n) is 10.6. The van der Waals surface area contributed by atoms with Crippen molar-refractivity contribution in [1.29, 1.82) is 0 Å². The molecule has 0 saturated carbocycles. The van der Waals surface area contributed by atoms with Gasteiger partial charge in [-0.25, -0.2) is 4.98 Å². The summed E-state index contributed by atoms with van der Waals surface area (Å²) >= 11 is 0. The summed E-state index contributed by atoms with van der Waals surface area (Å²) < 4.78 is 4.55. The van der Waals surface area contributed by atoms with Crippen LogP contribution in [0.5, 0.6) is 0 Å². The molecule has 2 saturated heterocycles. The van der Waals surface area contributed by atoms with E-state index < -0.39 is 30.0 Å². The first-order valence-corrected chi connectivity index (χ1v) is 10.6. The summed E-state index contributed by atoms with van der Waals surface area (Å²) in [6, 6.07) is -2.30. The Morgan fingerprint density at radius 2 is 2.09 bits per heavy atom. The summed E-state index contributed by atoms with van der Waals surface area (Å²) in [4.78, 5) is 69.7. The van der Waals surface area contributed by atoms with Gasteiger partial charge in [-0.15, -0.1) is 0 Å². The van der Waals surface area contributed by atoms with Crippen molar-refractivity contribution in [3.05, 3.63) is 18.2 Å². The van der Waals surface area contributed by atoms with Gasteiger partial charge in [-0.1, -0.05) is 0 Å². The van der Waals surface area contributed by atoms with Crippen LogP contribution in [0.4, 0.5) is 0 Å². The van der Waals surface area contributed by atoms with Crippen molar-refractivity contribution < 1.29 is 28.7 Å². The number of hydrogen-bond donors (Lipinski definition) is 4. The van der Waals surface area contributed by atoms with E-state index in [9.17, 15) is 24.0 Å². The van der Waals surface area contributed by atoms with E-state index in [4.69, 9.17) is 0 Å². The van der Waals surface area contributed by atoms with Crippen molar-refractivity contribution in [1.82, 2.24) is 30.8 Å². The number of imidazole rings is 1. The second-order valence-electron chi connectivity index (χ2n) is 7.81. The zero-order valence-electron chi connectivity index (χ0n) is 17.9. The maximum atomic E-state index is 13.4. The maximum absolute atomic E-state index is 13.4. The molecule has 4 amide bonds. The lowest BCUT2D eigenvalue weighted by molar-refractivity contribution is -0.142. The van der Waals surface area contributed by atoms with Crippen molar-refractivity contribution in [2.45, 2.75) is 56.7 Å². The van der Waals surface area contributed by atoms with Crippen LogP contribution in [-0.4, -0.2) is 82.8 Å². The van der Waals surface area contributed by atoms with Crippen molar-refractivity contribution in [3.8, 4) is 0 Å². The SMILES string of the molecule is COC(=O)CCNC(=O)[C@@H]1CCCN1C(=O)[C@H](Cc1cnc[nH]1)NC(=O)[C@@H]1CCC(=O)N1. The van der Waals surface area contributed by atoms with E-state index in [1.165, 1.54) is 18.3 Å². The molecule has 3 atom stereocenters. The molecule has 12 nitrogen and oxygen atoms in total. The second-order valence-corrected chi connectivity index (χ2v) is 7.81. The van der Waals surface area contributed by atoms with Crippen LogP contribution < -0.4 is 16.0 Å². The Labute approximate surface area is 184 Å². The van der Waals surface area contributed by atoms with Gasteiger partial charge in [0.05, 0.1) is 19.9 Å². The third-order valence-corrected chi connectivity index (χ3v) is 5.60. The number of methoxy groups -OCH3 is 1. The molecule has 0 spiro atoms. The minimum atomic E-state index is -0.927. The van der Waals surface area contributed by atoms with Crippen LogP contribution >= 0.6 is 0 Å². The van der Waals surface area contributed by atoms with Crippen molar-refractivity contribution in [3.63, 3.8) is 0 Å². The smallest absolute Gasteiger partial charge is 0.307 e. The van der Waals surface area contributed by atoms with Crippen LogP contribution in [0, 0.1) is 0 Å². The minimum Gasteiger partial charge on any atom is -0.469 e. The molecule has 12 heteroatoms. The Balaban J connectivity index is 1.66. The summed E-state index contributed by atoms with van der Waals surface area (Å²) in [6.07, 6.45) is 4.99. The van der Waals surface area contributed by atoms with E-state index in [0.29, 0.717) is 31.5 Å². The monoisotopic (exact) mass is 448 g/mol. The molecule has 174 valence electrons. The lowest BCUT2D eigenvalue weighted by Crippen LogP contribution is -2.56. The number of nitrogens with one attached hydrogen (secondary N) is 4. The third kappa shape index (κ3) is 5.83. The number of aromatic nitrogens is 2. The van der Waals surface area contributed by atoms with Crippen molar-refractivity contribution >= 4 is 29.6 Å². The fourth-order valence-electron chi connectivity index (χ4n) is 3.91. The molecule has 3 heterocycles. The molecule has 0 radical (unpaired) electrons. The van der Waals surface area contributed by atoms with E-state index in [-0.39, 0.29) is 43.5 Å². The quantitative estimate of drug-likeness (QED) is 0.330. The Bertz CT molecular complexity index is 857. The molecule has 0 aromatic carbocycles. The first kappa shape index (κ1) is 23.2. The highest BCUT2D eigenvalue weighted by molar-refractivity contribution is 5.95. The second kappa shape index (κ2) is 10.7. The average molecular weight is 448 g/mol. The highest BCUT2D eigenvalue weighted by Crippen LogP contribution is 2.20. The van der Waals surface area contributed by atoms with Gasteiger partial charge in [0.1, 0.15) is 18.1 Å². The van der Waals surface area contributed by atoms with Crippen molar-refractivity contribution in [2.24, 2.45) is 0 Å². The molecule has 0 bridgehead atoms. The highest BCUT2D eigenvalue weighted by Gasteiger charge is 2.39. The van der Waals surface area contributed by atoms with Crippen LogP contribution in [0.3, 0.4) is 0 Å². The van der Waals surface area contributed by atoms with Gasteiger partial charge >= 0.3 is 5.97 Å². The molecule has 1 aromatic heterocycles. The fourth-order valence-corrected chi connectivity index (χ4v) is 3.91. The van der Waals surface area contributed by atoms with E-state index in [1.807, 2.05) is 0 Å². The Morgan fingerprint density at radius 3 is 2.75 bits per heavy atom. The van der Waals surface area contributed by atoms with Crippen LogP contribution in [-0.2, 0) is 35.1 Å². The fraction of sp³-hybridized carbons (Fsp3) is 0.600. The molecule has 2 fully saturated rings. The number of hydrogen-bond acceptors (Lipinski definition) is 7. The number of ether oxygens (including phenoxy) is 1. The number of rotatable bonds is 9. The lowest BCUT2D eigenvalue weighted by atomic mass is 10.1. The molecule has 3 rings (SSSR count). The number of amides is 4. The molecular formula is C20H28N6O6. The van der Waals surface area contributed by atoms with Gasteiger partial charge in [-0.05, 0) is 19.3 Å². The average Bonchev–Trinajstić information content (AvgIpc) is 3.54. The summed E-state index contributed by atoms with van der Waals surface area (Å²) in [5, 5.41) is 7.99. The lowest BCUT2D eigenvalue weighted by Gasteiger charge is -2.29. The van der Waals surface area contributed by atoms with E-state index in [2.05, 4.69) is 30.7 Å². The van der Waals surface area contributed by atoms with E-state index in [1.54, 1.807) is 6.20 Å². The van der Waals surface area contributed by atoms with E-state index in [0.717, 1.165) is 0 Å². The van der Waals surface area contributed by atoms with E-state index >= 15 is 0 Å². The number of carbonyl (C=O) groups excluding carboxylic acids is 5. The zero-order chi connectivity index (χ0) is 23.1. The van der Waals surface area contributed by atoms with Crippen LogP contribution in [0.15, 0.2) is 12.5 Å². The molecule has 1 aromatic rings. The largest absolute Gasteiger partial charge is 0.469 e. The number of esters is 1. The molecule has 0 unspecified atom stereocenters.